The average molecular weight is 226 g/mol. The topological polar surface area (TPSA) is 53.0 Å². The number of rotatable bonds is 2. The molecule has 80 valence electrons. The Labute approximate surface area is 91.9 Å². The number of hydrogen-bond donors (Lipinski definition) is 1. The van der Waals surface area contributed by atoms with E-state index in [2.05, 4.69) is 0 Å². The Bertz CT molecular complexity index is 556. The lowest BCUT2D eigenvalue weighted by Crippen LogP contribution is -2.25. The zero-order valence-electron chi connectivity index (χ0n) is 8.40. The van der Waals surface area contributed by atoms with Gasteiger partial charge in [-0.15, -0.1) is 0 Å². The predicted molar refractivity (Wildman–Crippen MR) is 61.2 cm³/mol. The Morgan fingerprint density at radius 2 is 2.20 bits per heavy atom. The number of imidazole rings is 1. The van der Waals surface area contributed by atoms with Gasteiger partial charge in [-0.05, 0) is 12.1 Å². The number of nitrogens with zero attached hydrogens (tertiary/aromatic N) is 2. The van der Waals surface area contributed by atoms with Crippen LogP contribution in [0.5, 0.6) is 0 Å². The molecule has 5 heteroatoms. The summed E-state index contributed by atoms with van der Waals surface area (Å²) in [5.41, 5.74) is 6.98. The second-order valence-corrected chi connectivity index (χ2v) is 3.80. The highest BCUT2D eigenvalue weighted by atomic mass is 35.5. The smallest absolute Gasteiger partial charge is 0.328 e. The molecule has 0 amide bonds. The zero-order chi connectivity index (χ0) is 11.0. The third-order valence-corrected chi connectivity index (χ3v) is 2.77. The van der Waals surface area contributed by atoms with Gasteiger partial charge < -0.3 is 5.73 Å². The molecule has 0 radical (unpaired) electrons. The molecule has 1 aromatic carbocycles. The van der Waals surface area contributed by atoms with E-state index in [1.165, 1.54) is 0 Å². The van der Waals surface area contributed by atoms with Gasteiger partial charge in [-0.1, -0.05) is 17.7 Å². The molecule has 0 saturated carbocycles. The van der Waals surface area contributed by atoms with Crippen LogP contribution in [0.3, 0.4) is 0 Å². The van der Waals surface area contributed by atoms with E-state index in [9.17, 15) is 4.79 Å². The van der Waals surface area contributed by atoms with Crippen LogP contribution in [0.25, 0.3) is 11.0 Å². The summed E-state index contributed by atoms with van der Waals surface area (Å²) in [6.45, 7) is 0.946. The molecule has 0 fully saturated rings. The maximum absolute atomic E-state index is 11.8. The van der Waals surface area contributed by atoms with Gasteiger partial charge in [0.25, 0.3) is 0 Å². The molecular weight excluding hydrogens is 214 g/mol. The van der Waals surface area contributed by atoms with E-state index >= 15 is 0 Å². The second-order valence-electron chi connectivity index (χ2n) is 3.39. The molecule has 2 aromatic rings. The fraction of sp³-hybridized carbons (Fsp3) is 0.300. The van der Waals surface area contributed by atoms with Crippen LogP contribution >= 0.6 is 11.6 Å². The van der Waals surface area contributed by atoms with Crippen LogP contribution in [0.2, 0.25) is 5.02 Å². The fourth-order valence-corrected chi connectivity index (χ4v) is 2.08. The van der Waals surface area contributed by atoms with E-state index in [0.717, 1.165) is 11.0 Å². The third-order valence-electron chi connectivity index (χ3n) is 2.46. The zero-order valence-corrected chi connectivity index (χ0v) is 9.16. The Hall–Kier alpha value is -1.26. The molecule has 0 aliphatic rings. The summed E-state index contributed by atoms with van der Waals surface area (Å²) >= 11 is 6.04. The van der Waals surface area contributed by atoms with Crippen molar-refractivity contribution in [2.24, 2.45) is 12.8 Å². The number of aromatic nitrogens is 2. The number of fused-ring (bicyclic) bond motifs is 1. The van der Waals surface area contributed by atoms with Crippen LogP contribution in [0.4, 0.5) is 0 Å². The van der Waals surface area contributed by atoms with Gasteiger partial charge in [0.15, 0.2) is 0 Å². The van der Waals surface area contributed by atoms with E-state index < -0.39 is 0 Å². The molecule has 2 N–H and O–H groups in total. The first-order valence-corrected chi connectivity index (χ1v) is 5.08. The minimum Gasteiger partial charge on any atom is -0.329 e. The number of aryl methyl sites for hydroxylation is 1. The molecular formula is C10H12ClN3O. The highest BCUT2D eigenvalue weighted by Gasteiger charge is 2.11. The molecule has 0 bridgehead atoms. The molecule has 4 nitrogen and oxygen atoms in total. The molecule has 0 atom stereocenters. The van der Waals surface area contributed by atoms with E-state index in [0.29, 0.717) is 18.1 Å². The van der Waals surface area contributed by atoms with Crippen molar-refractivity contribution in [3.63, 3.8) is 0 Å². The molecule has 2 rings (SSSR count). The van der Waals surface area contributed by atoms with Gasteiger partial charge in [-0.2, -0.15) is 0 Å². The predicted octanol–water partition coefficient (Wildman–Crippen LogP) is 0.952. The van der Waals surface area contributed by atoms with Gasteiger partial charge in [0, 0.05) is 20.1 Å². The SMILES string of the molecule is Cn1c(=O)n(CCN)c2cccc(Cl)c21. The van der Waals surface area contributed by atoms with Crippen molar-refractivity contribution in [2.45, 2.75) is 6.54 Å². The number of halogens is 1. The third kappa shape index (κ3) is 1.46. The summed E-state index contributed by atoms with van der Waals surface area (Å²) in [4.78, 5) is 11.8. The quantitative estimate of drug-likeness (QED) is 0.828. The lowest BCUT2D eigenvalue weighted by Gasteiger charge is -1.99. The van der Waals surface area contributed by atoms with E-state index in [1.807, 2.05) is 12.1 Å². The summed E-state index contributed by atoms with van der Waals surface area (Å²) in [5.74, 6) is 0. The summed E-state index contributed by atoms with van der Waals surface area (Å²) in [6.07, 6.45) is 0. The molecule has 1 aromatic heterocycles. The normalized spacial score (nSPS) is 11.1. The van der Waals surface area contributed by atoms with Crippen LogP contribution < -0.4 is 11.4 Å². The van der Waals surface area contributed by atoms with Gasteiger partial charge in [-0.25, -0.2) is 4.79 Å². The molecule has 0 aliphatic heterocycles. The summed E-state index contributed by atoms with van der Waals surface area (Å²) < 4.78 is 3.19. The first kappa shape index (κ1) is 10.3. The van der Waals surface area contributed by atoms with Crippen molar-refractivity contribution in [3.8, 4) is 0 Å². The van der Waals surface area contributed by atoms with Gasteiger partial charge in [0.2, 0.25) is 0 Å². The van der Waals surface area contributed by atoms with E-state index in [1.54, 1.807) is 22.2 Å². The summed E-state index contributed by atoms with van der Waals surface area (Å²) in [5, 5.41) is 0.586. The van der Waals surface area contributed by atoms with Gasteiger partial charge in [0.1, 0.15) is 0 Å². The highest BCUT2D eigenvalue weighted by Crippen LogP contribution is 2.21. The minimum atomic E-state index is -0.0800. The summed E-state index contributed by atoms with van der Waals surface area (Å²) in [6, 6.07) is 5.48. The van der Waals surface area contributed by atoms with Crippen LogP contribution in [-0.2, 0) is 13.6 Å². The Balaban J connectivity index is 2.87. The van der Waals surface area contributed by atoms with Crippen LogP contribution in [0.1, 0.15) is 0 Å². The fourth-order valence-electron chi connectivity index (χ4n) is 1.78. The van der Waals surface area contributed by atoms with Crippen molar-refractivity contribution in [3.05, 3.63) is 33.7 Å². The molecule has 0 saturated heterocycles. The molecule has 0 unspecified atom stereocenters. The van der Waals surface area contributed by atoms with Crippen LogP contribution in [0, 0.1) is 0 Å². The number of benzene rings is 1. The molecule has 0 spiro atoms. The highest BCUT2D eigenvalue weighted by molar-refractivity contribution is 6.34. The summed E-state index contributed by atoms with van der Waals surface area (Å²) in [7, 11) is 1.71. The Morgan fingerprint density at radius 1 is 1.47 bits per heavy atom. The Kier molecular flexibility index (Phi) is 2.54. The van der Waals surface area contributed by atoms with Gasteiger partial charge >= 0.3 is 5.69 Å². The standard InChI is InChI=1S/C10H12ClN3O/c1-13-9-7(11)3-2-4-8(9)14(6-5-12)10(13)15/h2-4H,5-6,12H2,1H3. The lowest BCUT2D eigenvalue weighted by atomic mass is 10.3. The van der Waals surface area contributed by atoms with Crippen LogP contribution in [-0.4, -0.2) is 15.7 Å². The van der Waals surface area contributed by atoms with Gasteiger partial charge in [0.05, 0.1) is 16.1 Å². The molecule has 15 heavy (non-hydrogen) atoms. The van der Waals surface area contributed by atoms with Gasteiger partial charge in [-0.3, -0.25) is 9.13 Å². The first-order valence-electron chi connectivity index (χ1n) is 4.70. The lowest BCUT2D eigenvalue weighted by molar-refractivity contribution is 0.675. The number of nitrogens with two attached hydrogens (primary N) is 1. The second kappa shape index (κ2) is 3.72. The average Bonchev–Trinajstić information content (AvgIpc) is 2.45. The van der Waals surface area contributed by atoms with Crippen molar-refractivity contribution in [2.75, 3.05) is 6.54 Å². The van der Waals surface area contributed by atoms with E-state index in [4.69, 9.17) is 17.3 Å². The van der Waals surface area contributed by atoms with E-state index in [-0.39, 0.29) is 5.69 Å². The maximum Gasteiger partial charge on any atom is 0.328 e. The van der Waals surface area contributed by atoms with Crippen molar-refractivity contribution in [1.82, 2.24) is 9.13 Å². The Morgan fingerprint density at radius 3 is 2.87 bits per heavy atom. The van der Waals surface area contributed by atoms with Crippen molar-refractivity contribution >= 4 is 22.6 Å². The van der Waals surface area contributed by atoms with Crippen molar-refractivity contribution < 1.29 is 0 Å². The maximum atomic E-state index is 11.8. The largest absolute Gasteiger partial charge is 0.329 e. The minimum absolute atomic E-state index is 0.0800. The molecule has 0 aliphatic carbocycles. The van der Waals surface area contributed by atoms with Crippen molar-refractivity contribution in [1.29, 1.82) is 0 Å². The number of para-hydroxylation sites is 1. The monoisotopic (exact) mass is 225 g/mol. The van der Waals surface area contributed by atoms with Crippen LogP contribution in [0.15, 0.2) is 23.0 Å². The molecule has 1 heterocycles. The number of hydrogen-bond acceptors (Lipinski definition) is 2. The first-order chi connectivity index (χ1) is 7.16.